The summed E-state index contributed by atoms with van der Waals surface area (Å²) in [5.41, 5.74) is 1.76. The monoisotopic (exact) mass is 328 g/mol. The van der Waals surface area contributed by atoms with Gasteiger partial charge in [-0.15, -0.1) is 0 Å². The van der Waals surface area contributed by atoms with Gasteiger partial charge in [0.05, 0.1) is 26.2 Å². The van der Waals surface area contributed by atoms with Crippen molar-refractivity contribution in [2.45, 2.75) is 6.54 Å². The van der Waals surface area contributed by atoms with Gasteiger partial charge < -0.3 is 15.1 Å². The van der Waals surface area contributed by atoms with Crippen LogP contribution in [-0.2, 0) is 11.3 Å². The number of hydrogen-bond acceptors (Lipinski definition) is 2. The normalized spacial score (nSPS) is 15.3. The predicted molar refractivity (Wildman–Crippen MR) is 92.5 cm³/mol. The predicted octanol–water partition coefficient (Wildman–Crippen LogP) is 0.847. The number of carbonyl (C=O) groups is 1. The number of anilines is 1. The first kappa shape index (κ1) is 16.5. The quantitative estimate of drug-likeness (QED) is 0.854. The van der Waals surface area contributed by atoms with Gasteiger partial charge in [-0.25, -0.2) is 4.39 Å². The van der Waals surface area contributed by atoms with Crippen LogP contribution in [0.4, 0.5) is 10.1 Å². The van der Waals surface area contributed by atoms with E-state index in [0.29, 0.717) is 12.1 Å². The molecule has 0 aromatic heterocycles. The summed E-state index contributed by atoms with van der Waals surface area (Å²) < 4.78 is 13.5. The Kier molecular flexibility index (Phi) is 5.43. The molecular formula is C19H23FN3O+. The second-order valence-corrected chi connectivity index (χ2v) is 6.12. The lowest BCUT2D eigenvalue weighted by Gasteiger charge is -2.33. The number of halogens is 1. The molecule has 0 unspecified atom stereocenters. The molecule has 0 spiro atoms. The molecule has 0 aliphatic carbocycles. The lowest BCUT2D eigenvalue weighted by molar-refractivity contribution is -0.892. The Morgan fingerprint density at radius 2 is 1.71 bits per heavy atom. The number of rotatable bonds is 5. The zero-order valence-corrected chi connectivity index (χ0v) is 13.7. The Morgan fingerprint density at radius 1 is 1.04 bits per heavy atom. The molecule has 2 N–H and O–H groups in total. The third-order valence-corrected chi connectivity index (χ3v) is 4.44. The number of nitrogens with one attached hydrogen (secondary N) is 2. The van der Waals surface area contributed by atoms with Crippen LogP contribution in [0.5, 0.6) is 0 Å². The fourth-order valence-electron chi connectivity index (χ4n) is 3.02. The third kappa shape index (κ3) is 4.32. The molecule has 1 saturated heterocycles. The molecule has 1 heterocycles. The molecule has 126 valence electrons. The van der Waals surface area contributed by atoms with Crippen molar-refractivity contribution in [1.82, 2.24) is 5.32 Å². The minimum atomic E-state index is -0.276. The Balaban J connectivity index is 1.43. The second-order valence-electron chi connectivity index (χ2n) is 6.12. The van der Waals surface area contributed by atoms with Crippen LogP contribution in [0.3, 0.4) is 0 Å². The molecule has 1 fully saturated rings. The van der Waals surface area contributed by atoms with E-state index in [-0.39, 0.29) is 18.3 Å². The smallest absolute Gasteiger partial charge is 0.275 e. The highest BCUT2D eigenvalue weighted by Crippen LogP contribution is 2.12. The maximum atomic E-state index is 13.5. The van der Waals surface area contributed by atoms with Gasteiger partial charge in [-0.3, -0.25) is 4.79 Å². The van der Waals surface area contributed by atoms with Crippen LogP contribution in [0.1, 0.15) is 5.56 Å². The maximum absolute atomic E-state index is 13.5. The molecule has 3 rings (SSSR count). The Bertz CT molecular complexity index is 669. The number of para-hydroxylation sites is 1. The zero-order chi connectivity index (χ0) is 16.8. The first-order valence-corrected chi connectivity index (χ1v) is 8.36. The van der Waals surface area contributed by atoms with Gasteiger partial charge in [-0.05, 0) is 18.2 Å². The van der Waals surface area contributed by atoms with E-state index >= 15 is 0 Å². The zero-order valence-electron chi connectivity index (χ0n) is 13.7. The van der Waals surface area contributed by atoms with Crippen LogP contribution >= 0.6 is 0 Å². The summed E-state index contributed by atoms with van der Waals surface area (Å²) in [4.78, 5) is 15.7. The summed E-state index contributed by atoms with van der Waals surface area (Å²) in [6.07, 6.45) is 0. The third-order valence-electron chi connectivity index (χ3n) is 4.44. The van der Waals surface area contributed by atoms with E-state index in [1.165, 1.54) is 16.7 Å². The van der Waals surface area contributed by atoms with Gasteiger partial charge in [0.15, 0.2) is 6.54 Å². The molecule has 1 amide bonds. The van der Waals surface area contributed by atoms with Crippen LogP contribution in [-0.4, -0.2) is 38.6 Å². The molecule has 4 nitrogen and oxygen atoms in total. The highest BCUT2D eigenvalue weighted by Gasteiger charge is 2.22. The van der Waals surface area contributed by atoms with E-state index < -0.39 is 0 Å². The van der Waals surface area contributed by atoms with Crippen LogP contribution in [0.25, 0.3) is 0 Å². The minimum Gasteiger partial charge on any atom is -0.360 e. The van der Waals surface area contributed by atoms with Crippen LogP contribution in [0.2, 0.25) is 0 Å². The highest BCUT2D eigenvalue weighted by molar-refractivity contribution is 5.76. The van der Waals surface area contributed by atoms with E-state index in [0.717, 1.165) is 26.2 Å². The van der Waals surface area contributed by atoms with Crippen molar-refractivity contribution < 1.29 is 14.1 Å². The van der Waals surface area contributed by atoms with Crippen molar-refractivity contribution >= 4 is 11.6 Å². The number of quaternary nitrogens is 1. The fourth-order valence-corrected chi connectivity index (χ4v) is 3.02. The van der Waals surface area contributed by atoms with E-state index in [2.05, 4.69) is 22.3 Å². The van der Waals surface area contributed by atoms with Gasteiger partial charge in [-0.2, -0.15) is 0 Å². The van der Waals surface area contributed by atoms with Gasteiger partial charge >= 0.3 is 0 Å². The number of nitrogens with zero attached hydrogens (tertiary/aromatic N) is 1. The van der Waals surface area contributed by atoms with Crippen molar-refractivity contribution in [2.24, 2.45) is 0 Å². The lowest BCUT2D eigenvalue weighted by Crippen LogP contribution is -3.15. The Labute approximate surface area is 141 Å². The number of amides is 1. The molecule has 1 aliphatic heterocycles. The van der Waals surface area contributed by atoms with Gasteiger partial charge in [0.25, 0.3) is 5.91 Å². The second kappa shape index (κ2) is 7.93. The van der Waals surface area contributed by atoms with E-state index in [1.807, 2.05) is 18.2 Å². The molecule has 24 heavy (non-hydrogen) atoms. The Morgan fingerprint density at radius 3 is 2.42 bits per heavy atom. The van der Waals surface area contributed by atoms with Crippen LogP contribution < -0.4 is 15.1 Å². The summed E-state index contributed by atoms with van der Waals surface area (Å²) in [5, 5.41) is 2.82. The van der Waals surface area contributed by atoms with Crippen molar-refractivity contribution in [1.29, 1.82) is 0 Å². The van der Waals surface area contributed by atoms with E-state index in [1.54, 1.807) is 18.2 Å². The average molecular weight is 328 g/mol. The molecule has 1 aliphatic rings. The van der Waals surface area contributed by atoms with Gasteiger partial charge in [-0.1, -0.05) is 36.4 Å². The molecule has 5 heteroatoms. The number of benzene rings is 2. The van der Waals surface area contributed by atoms with Crippen molar-refractivity contribution in [3.8, 4) is 0 Å². The summed E-state index contributed by atoms with van der Waals surface area (Å²) in [5.74, 6) is -0.303. The molecule has 0 atom stereocenters. The highest BCUT2D eigenvalue weighted by atomic mass is 19.1. The van der Waals surface area contributed by atoms with Gasteiger partial charge in [0.1, 0.15) is 5.82 Å². The summed E-state index contributed by atoms with van der Waals surface area (Å²) >= 11 is 0. The SMILES string of the molecule is O=C(C[NH+]1CCN(c2ccccc2)CC1)NCc1ccccc1F. The number of hydrogen-bond donors (Lipinski definition) is 2. The molecule has 2 aromatic rings. The maximum Gasteiger partial charge on any atom is 0.275 e. The molecule has 2 aromatic carbocycles. The molecular weight excluding hydrogens is 305 g/mol. The van der Waals surface area contributed by atoms with E-state index in [9.17, 15) is 9.18 Å². The number of carbonyl (C=O) groups excluding carboxylic acids is 1. The first-order valence-electron chi connectivity index (χ1n) is 8.36. The molecule has 0 bridgehead atoms. The summed E-state index contributed by atoms with van der Waals surface area (Å²) in [6.45, 7) is 4.44. The lowest BCUT2D eigenvalue weighted by atomic mass is 10.2. The number of piperazine rings is 1. The standard InChI is InChI=1S/C19H22FN3O/c20-18-9-5-4-6-16(18)14-21-19(24)15-22-10-12-23(13-11-22)17-7-2-1-3-8-17/h1-9H,10-15H2,(H,21,24)/p+1. The van der Waals surface area contributed by atoms with Crippen molar-refractivity contribution in [3.05, 3.63) is 66.0 Å². The Hall–Kier alpha value is -2.40. The van der Waals surface area contributed by atoms with Crippen LogP contribution in [0.15, 0.2) is 54.6 Å². The summed E-state index contributed by atoms with van der Waals surface area (Å²) in [6, 6.07) is 16.9. The average Bonchev–Trinajstić information content (AvgIpc) is 2.62. The van der Waals surface area contributed by atoms with Crippen LogP contribution in [0, 0.1) is 5.82 Å². The topological polar surface area (TPSA) is 36.8 Å². The minimum absolute atomic E-state index is 0.0265. The van der Waals surface area contributed by atoms with Gasteiger partial charge in [0, 0.05) is 17.8 Å². The van der Waals surface area contributed by atoms with E-state index in [4.69, 9.17) is 0 Å². The first-order chi connectivity index (χ1) is 11.7. The largest absolute Gasteiger partial charge is 0.360 e. The van der Waals surface area contributed by atoms with Crippen molar-refractivity contribution in [2.75, 3.05) is 37.6 Å². The summed E-state index contributed by atoms with van der Waals surface area (Å²) in [7, 11) is 0. The van der Waals surface area contributed by atoms with Gasteiger partial charge in [0.2, 0.25) is 0 Å². The van der Waals surface area contributed by atoms with Crippen molar-refractivity contribution in [3.63, 3.8) is 0 Å². The molecule has 0 radical (unpaired) electrons. The molecule has 0 saturated carbocycles. The fraction of sp³-hybridized carbons (Fsp3) is 0.316.